The number of hydrogen-bond donors (Lipinski definition) is 2. The Morgan fingerprint density at radius 1 is 0.931 bits per heavy atom. The van der Waals surface area contributed by atoms with E-state index >= 15 is 0 Å². The first-order valence-corrected chi connectivity index (χ1v) is 10.1. The fraction of sp³-hybridized carbons (Fsp3) is 0.348. The van der Waals surface area contributed by atoms with Crippen LogP contribution in [0.1, 0.15) is 59.2 Å². The molecule has 2 aromatic rings. The number of carbonyl (C=O) groups is 1. The first-order valence-electron chi connectivity index (χ1n) is 10.1. The van der Waals surface area contributed by atoms with E-state index in [9.17, 15) is 4.79 Å². The Labute approximate surface area is 171 Å². The molecule has 150 valence electrons. The van der Waals surface area contributed by atoms with Crippen LogP contribution in [-0.2, 0) is 0 Å². The Morgan fingerprint density at radius 3 is 2.24 bits per heavy atom. The van der Waals surface area contributed by atoms with Crippen molar-refractivity contribution in [1.29, 1.82) is 0 Å². The van der Waals surface area contributed by atoms with Gasteiger partial charge in [0.05, 0.1) is 0 Å². The van der Waals surface area contributed by atoms with Crippen LogP contribution >= 0.6 is 0 Å². The molecule has 0 amide bonds. The number of hydrogen-bond acceptors (Lipinski definition) is 6. The van der Waals surface area contributed by atoms with Gasteiger partial charge in [-0.05, 0) is 81.0 Å². The van der Waals surface area contributed by atoms with Gasteiger partial charge in [0.15, 0.2) is 5.78 Å². The summed E-state index contributed by atoms with van der Waals surface area (Å²) >= 11 is 0. The monoisotopic (exact) mass is 389 g/mol. The zero-order valence-corrected chi connectivity index (χ0v) is 17.0. The first-order chi connectivity index (χ1) is 13.9. The van der Waals surface area contributed by atoms with Gasteiger partial charge in [-0.2, -0.15) is 4.99 Å². The number of aliphatic imine (C=N–C) groups is 2. The van der Waals surface area contributed by atoms with E-state index in [0.29, 0.717) is 17.1 Å². The van der Waals surface area contributed by atoms with Gasteiger partial charge in [-0.3, -0.25) is 9.69 Å². The number of ketones is 1. The second kappa shape index (κ2) is 7.35. The summed E-state index contributed by atoms with van der Waals surface area (Å²) in [5.74, 6) is 0.601. The van der Waals surface area contributed by atoms with Crippen molar-refractivity contribution in [3.05, 3.63) is 64.7 Å². The Kier molecular flexibility index (Phi) is 4.86. The van der Waals surface area contributed by atoms with Crippen LogP contribution in [0.3, 0.4) is 0 Å². The van der Waals surface area contributed by atoms with Crippen LogP contribution in [0, 0.1) is 13.8 Å². The minimum absolute atomic E-state index is 0.00887. The minimum atomic E-state index is -0.478. The molecule has 6 heteroatoms. The van der Waals surface area contributed by atoms with Crippen LogP contribution in [0.25, 0.3) is 0 Å². The Bertz CT molecular complexity index is 1000. The summed E-state index contributed by atoms with van der Waals surface area (Å²) in [6, 6.07) is 13.3. The second-order valence-corrected chi connectivity index (χ2v) is 7.99. The molecular weight excluding hydrogens is 362 g/mol. The lowest BCUT2D eigenvalue weighted by molar-refractivity contribution is 0.103. The van der Waals surface area contributed by atoms with Crippen LogP contribution in [0.2, 0.25) is 0 Å². The molecule has 1 heterocycles. The zero-order valence-electron chi connectivity index (χ0n) is 17.0. The Morgan fingerprint density at radius 2 is 1.59 bits per heavy atom. The zero-order chi connectivity index (χ0) is 20.6. The van der Waals surface area contributed by atoms with Crippen molar-refractivity contribution in [3.8, 4) is 0 Å². The molecule has 0 bridgehead atoms. The van der Waals surface area contributed by atoms with E-state index in [-0.39, 0.29) is 11.7 Å². The van der Waals surface area contributed by atoms with Gasteiger partial charge in [-0.15, -0.1) is 0 Å². The average molecular weight is 390 g/mol. The highest BCUT2D eigenvalue weighted by Gasteiger charge is 2.42. The normalized spacial score (nSPS) is 18.3. The highest BCUT2D eigenvalue weighted by atomic mass is 16.1. The fourth-order valence-corrected chi connectivity index (χ4v) is 4.31. The van der Waals surface area contributed by atoms with Gasteiger partial charge in [-0.1, -0.05) is 18.6 Å². The number of carbonyl (C=O) groups excluding carboxylic acids is 1. The molecule has 1 spiro atoms. The minimum Gasteiger partial charge on any atom is -0.369 e. The van der Waals surface area contributed by atoms with E-state index in [1.54, 1.807) is 0 Å². The second-order valence-electron chi connectivity index (χ2n) is 7.99. The molecule has 2 aromatic carbocycles. The molecule has 1 aliphatic carbocycles. The molecule has 6 nitrogen and oxygen atoms in total. The fourth-order valence-electron chi connectivity index (χ4n) is 4.31. The van der Waals surface area contributed by atoms with E-state index in [0.717, 1.165) is 36.9 Å². The SMILES string of the molecule is Cc1ccc(C(=O)c2ccc(N3C(N)=NC(N)=NC34CCCCC4)cc2)cc1C. The van der Waals surface area contributed by atoms with E-state index < -0.39 is 5.66 Å². The maximum Gasteiger partial charge on any atom is 0.220 e. The smallest absolute Gasteiger partial charge is 0.220 e. The Hall–Kier alpha value is -3.15. The number of benzene rings is 2. The number of rotatable bonds is 3. The number of guanidine groups is 2. The van der Waals surface area contributed by atoms with Crippen LogP contribution < -0.4 is 16.4 Å². The predicted octanol–water partition coefficient (Wildman–Crippen LogP) is 3.64. The topological polar surface area (TPSA) is 97.1 Å². The molecule has 0 atom stereocenters. The molecule has 29 heavy (non-hydrogen) atoms. The number of aryl methyl sites for hydroxylation is 2. The van der Waals surface area contributed by atoms with Gasteiger partial charge in [0.1, 0.15) is 5.66 Å². The summed E-state index contributed by atoms with van der Waals surface area (Å²) in [4.78, 5) is 23.8. The quantitative estimate of drug-likeness (QED) is 0.783. The molecule has 4 N–H and O–H groups in total. The average Bonchev–Trinajstić information content (AvgIpc) is 2.70. The van der Waals surface area contributed by atoms with Crippen molar-refractivity contribution in [1.82, 2.24) is 0 Å². The summed E-state index contributed by atoms with van der Waals surface area (Å²) in [6.07, 6.45) is 5.10. The van der Waals surface area contributed by atoms with Crippen molar-refractivity contribution in [2.45, 2.75) is 51.6 Å². The summed E-state index contributed by atoms with van der Waals surface area (Å²) in [5.41, 5.74) is 16.2. The molecule has 0 radical (unpaired) electrons. The third-order valence-corrected chi connectivity index (χ3v) is 6.01. The van der Waals surface area contributed by atoms with Gasteiger partial charge in [0.25, 0.3) is 0 Å². The van der Waals surface area contributed by atoms with Gasteiger partial charge in [0.2, 0.25) is 11.9 Å². The molecular formula is C23H27N5O. The van der Waals surface area contributed by atoms with Crippen molar-refractivity contribution >= 4 is 23.4 Å². The van der Waals surface area contributed by atoms with Crippen LogP contribution in [0.4, 0.5) is 5.69 Å². The summed E-state index contributed by atoms with van der Waals surface area (Å²) in [6.45, 7) is 4.06. The molecule has 4 rings (SSSR count). The summed E-state index contributed by atoms with van der Waals surface area (Å²) in [5, 5.41) is 0. The molecule has 1 fully saturated rings. The van der Waals surface area contributed by atoms with E-state index in [1.807, 2.05) is 61.2 Å². The molecule has 1 aliphatic heterocycles. The molecule has 2 aliphatic rings. The standard InChI is InChI=1S/C23H27N5O/c1-15-6-7-18(14-16(15)2)20(29)17-8-10-19(11-9-17)28-22(25)26-21(24)27-23(28)12-4-3-5-13-23/h6-11,14H,3-5,12-13H2,1-2H3,(H4,24,25,26,27). The largest absolute Gasteiger partial charge is 0.369 e. The highest BCUT2D eigenvalue weighted by molar-refractivity contribution is 6.10. The van der Waals surface area contributed by atoms with Crippen molar-refractivity contribution in [2.75, 3.05) is 4.90 Å². The predicted molar refractivity (Wildman–Crippen MR) is 117 cm³/mol. The number of nitrogens with zero attached hydrogens (tertiary/aromatic N) is 3. The van der Waals surface area contributed by atoms with E-state index in [4.69, 9.17) is 16.5 Å². The summed E-state index contributed by atoms with van der Waals surface area (Å²) in [7, 11) is 0. The maximum atomic E-state index is 12.9. The third-order valence-electron chi connectivity index (χ3n) is 6.01. The van der Waals surface area contributed by atoms with Crippen molar-refractivity contribution in [2.24, 2.45) is 21.5 Å². The highest BCUT2D eigenvalue weighted by Crippen LogP contribution is 2.39. The van der Waals surface area contributed by atoms with E-state index in [1.165, 1.54) is 12.0 Å². The lowest BCUT2D eigenvalue weighted by atomic mass is 9.87. The lowest BCUT2D eigenvalue weighted by Crippen LogP contribution is -2.58. The van der Waals surface area contributed by atoms with Crippen molar-refractivity contribution < 1.29 is 4.79 Å². The number of anilines is 1. The number of nitrogens with two attached hydrogens (primary N) is 2. The molecule has 0 aromatic heterocycles. The van der Waals surface area contributed by atoms with Crippen molar-refractivity contribution in [3.63, 3.8) is 0 Å². The first kappa shape index (κ1) is 19.2. The van der Waals surface area contributed by atoms with Crippen LogP contribution in [0.5, 0.6) is 0 Å². The molecule has 1 saturated carbocycles. The Balaban J connectivity index is 1.65. The molecule has 0 unspecified atom stereocenters. The third kappa shape index (κ3) is 3.50. The molecule has 0 saturated heterocycles. The van der Waals surface area contributed by atoms with Gasteiger partial charge in [-0.25, -0.2) is 4.99 Å². The van der Waals surface area contributed by atoms with E-state index in [2.05, 4.69) is 4.99 Å². The van der Waals surface area contributed by atoms with Crippen LogP contribution in [0.15, 0.2) is 52.4 Å². The van der Waals surface area contributed by atoms with Gasteiger partial charge >= 0.3 is 0 Å². The maximum absolute atomic E-state index is 12.9. The lowest BCUT2D eigenvalue weighted by Gasteiger charge is -2.45. The van der Waals surface area contributed by atoms with Gasteiger partial charge < -0.3 is 11.5 Å². The van der Waals surface area contributed by atoms with Crippen LogP contribution in [-0.4, -0.2) is 23.4 Å². The van der Waals surface area contributed by atoms with Gasteiger partial charge in [0, 0.05) is 16.8 Å². The summed E-state index contributed by atoms with van der Waals surface area (Å²) < 4.78 is 0.